The average molecular weight is 333 g/mol. The van der Waals surface area contributed by atoms with Gasteiger partial charge in [-0.15, -0.1) is 0 Å². The number of rotatable bonds is 10. The lowest BCUT2D eigenvalue weighted by Crippen LogP contribution is -2.17. The van der Waals surface area contributed by atoms with Crippen LogP contribution in [0.2, 0.25) is 0 Å². The van der Waals surface area contributed by atoms with Crippen molar-refractivity contribution < 1.29 is 9.18 Å². The van der Waals surface area contributed by atoms with Gasteiger partial charge in [-0.1, -0.05) is 69.7 Å². The molecule has 134 valence electrons. The predicted octanol–water partition coefficient (Wildman–Crippen LogP) is 6.55. The Hall–Kier alpha value is -1.18. The van der Waals surface area contributed by atoms with Gasteiger partial charge in [0.15, 0.2) is 5.78 Å². The van der Waals surface area contributed by atoms with Gasteiger partial charge in [-0.2, -0.15) is 0 Å². The Morgan fingerprint density at radius 1 is 1.00 bits per heavy atom. The molecule has 0 aliphatic heterocycles. The molecule has 1 saturated carbocycles. The largest absolute Gasteiger partial charge is 0.294 e. The van der Waals surface area contributed by atoms with Crippen molar-refractivity contribution >= 4 is 5.78 Å². The van der Waals surface area contributed by atoms with Crippen molar-refractivity contribution in [2.24, 2.45) is 11.8 Å². The lowest BCUT2D eigenvalue weighted by molar-refractivity contribution is 0.0941. The molecule has 1 aliphatic rings. The van der Waals surface area contributed by atoms with E-state index >= 15 is 0 Å². The van der Waals surface area contributed by atoms with Crippen molar-refractivity contribution in [2.45, 2.75) is 77.6 Å². The van der Waals surface area contributed by atoms with E-state index in [1.54, 1.807) is 0 Å². The van der Waals surface area contributed by atoms with Crippen molar-refractivity contribution in [2.75, 3.05) is 6.67 Å². The summed E-state index contributed by atoms with van der Waals surface area (Å²) in [7, 11) is 0. The van der Waals surface area contributed by atoms with Crippen LogP contribution in [0.4, 0.5) is 4.39 Å². The second kappa shape index (κ2) is 10.6. The Balaban J connectivity index is 1.73. The summed E-state index contributed by atoms with van der Waals surface area (Å²) in [5.74, 6) is 1.75. The summed E-state index contributed by atoms with van der Waals surface area (Å²) in [6.07, 6.45) is 12.5. The van der Waals surface area contributed by atoms with Crippen molar-refractivity contribution in [1.82, 2.24) is 0 Å². The highest BCUT2D eigenvalue weighted by Gasteiger charge is 2.23. The highest BCUT2D eigenvalue weighted by molar-refractivity contribution is 5.96. The molecule has 0 spiro atoms. The van der Waals surface area contributed by atoms with Gasteiger partial charge in [0.25, 0.3) is 0 Å². The number of alkyl halides is 1. The number of aryl methyl sites for hydroxylation is 1. The first-order chi connectivity index (χ1) is 11.7. The lowest BCUT2D eigenvalue weighted by Gasteiger charge is -2.28. The molecule has 1 nitrogen and oxygen atoms in total. The molecule has 0 saturated heterocycles. The third kappa shape index (κ3) is 6.37. The Bertz CT molecular complexity index is 471. The molecule has 0 bridgehead atoms. The highest BCUT2D eigenvalue weighted by Crippen LogP contribution is 2.34. The van der Waals surface area contributed by atoms with Gasteiger partial charge < -0.3 is 0 Å². The van der Waals surface area contributed by atoms with Crippen LogP contribution in [0.15, 0.2) is 24.3 Å². The molecule has 0 N–H and O–H groups in total. The van der Waals surface area contributed by atoms with Gasteiger partial charge in [0, 0.05) is 12.0 Å². The van der Waals surface area contributed by atoms with Gasteiger partial charge in [-0.05, 0) is 43.1 Å². The van der Waals surface area contributed by atoms with Gasteiger partial charge >= 0.3 is 0 Å². The second-order valence-corrected chi connectivity index (χ2v) is 7.50. The monoisotopic (exact) mass is 332 g/mol. The standard InChI is InChI=1S/C22H33FO/c1-2-3-4-6-18-8-10-20(11-9-18)17-22(24)21-14-12-19(13-15-21)7-5-16-23/h12-15,18,20H,2-11,16-17H2,1H3/t18-,20-. The molecule has 0 atom stereocenters. The number of Topliss-reactive ketones (excluding diaryl/α,β-unsaturated/α-hetero) is 1. The van der Waals surface area contributed by atoms with E-state index in [2.05, 4.69) is 6.92 Å². The van der Waals surface area contributed by atoms with Gasteiger partial charge in [0.1, 0.15) is 0 Å². The number of hydrogen-bond acceptors (Lipinski definition) is 1. The van der Waals surface area contributed by atoms with Crippen molar-refractivity contribution in [1.29, 1.82) is 0 Å². The summed E-state index contributed by atoms with van der Waals surface area (Å²) in [5, 5.41) is 0. The molecule has 1 aromatic carbocycles. The maximum atomic E-state index is 12.5. The van der Waals surface area contributed by atoms with E-state index in [-0.39, 0.29) is 12.5 Å². The Morgan fingerprint density at radius 2 is 1.67 bits per heavy atom. The van der Waals surface area contributed by atoms with Gasteiger partial charge in [0.05, 0.1) is 6.67 Å². The zero-order valence-corrected chi connectivity index (χ0v) is 15.2. The minimum absolute atomic E-state index is 0.276. The van der Waals surface area contributed by atoms with Crippen LogP contribution in [-0.2, 0) is 6.42 Å². The summed E-state index contributed by atoms with van der Waals surface area (Å²) in [5.41, 5.74) is 1.95. The molecule has 0 radical (unpaired) electrons. The molecule has 1 aliphatic carbocycles. The molecule has 0 amide bonds. The number of benzene rings is 1. The van der Waals surface area contributed by atoms with Crippen molar-refractivity contribution in [3.05, 3.63) is 35.4 Å². The van der Waals surface area contributed by atoms with Gasteiger partial charge in [-0.3, -0.25) is 9.18 Å². The molecule has 0 unspecified atom stereocenters. The number of carbonyl (C=O) groups excluding carboxylic acids is 1. The second-order valence-electron chi connectivity index (χ2n) is 7.50. The third-order valence-corrected chi connectivity index (χ3v) is 5.53. The molecule has 2 heteroatoms. The Kier molecular flexibility index (Phi) is 8.49. The minimum atomic E-state index is -0.276. The smallest absolute Gasteiger partial charge is 0.163 e. The summed E-state index contributed by atoms with van der Waals surface area (Å²) < 4.78 is 12.2. The number of hydrogen-bond donors (Lipinski definition) is 0. The predicted molar refractivity (Wildman–Crippen MR) is 99.3 cm³/mol. The van der Waals surface area contributed by atoms with Crippen LogP contribution >= 0.6 is 0 Å². The summed E-state index contributed by atoms with van der Waals surface area (Å²) in [4.78, 5) is 12.5. The summed E-state index contributed by atoms with van der Waals surface area (Å²) in [6, 6.07) is 7.81. The normalized spacial score (nSPS) is 20.9. The SMILES string of the molecule is CCCCC[C@H]1CC[C@H](CC(=O)c2ccc(CCCF)cc2)CC1. The van der Waals surface area contributed by atoms with Crippen LogP contribution < -0.4 is 0 Å². The molecule has 1 fully saturated rings. The molecular weight excluding hydrogens is 299 g/mol. The van der Waals surface area contributed by atoms with Crippen molar-refractivity contribution in [3.8, 4) is 0 Å². The Morgan fingerprint density at radius 3 is 2.29 bits per heavy atom. The van der Waals surface area contributed by atoms with E-state index in [0.717, 1.165) is 23.5 Å². The first-order valence-corrected chi connectivity index (χ1v) is 9.91. The molecular formula is C22H33FO. The highest BCUT2D eigenvalue weighted by atomic mass is 19.1. The van der Waals surface area contributed by atoms with E-state index in [4.69, 9.17) is 0 Å². The summed E-state index contributed by atoms with van der Waals surface area (Å²) in [6.45, 7) is 1.98. The van der Waals surface area contributed by atoms with Gasteiger partial charge in [-0.25, -0.2) is 0 Å². The van der Waals surface area contributed by atoms with Crippen LogP contribution in [-0.4, -0.2) is 12.5 Å². The van der Waals surface area contributed by atoms with Crippen LogP contribution in [0.1, 0.15) is 87.1 Å². The van der Waals surface area contributed by atoms with E-state index in [0.29, 0.717) is 18.8 Å². The molecule has 2 rings (SSSR count). The maximum Gasteiger partial charge on any atom is 0.163 e. The fourth-order valence-corrected chi connectivity index (χ4v) is 3.92. The van der Waals surface area contributed by atoms with Crippen molar-refractivity contribution in [3.63, 3.8) is 0 Å². The minimum Gasteiger partial charge on any atom is -0.294 e. The Labute approximate surface area is 147 Å². The zero-order chi connectivity index (χ0) is 17.2. The number of carbonyl (C=O) groups is 1. The van der Waals surface area contributed by atoms with Crippen LogP contribution in [0.3, 0.4) is 0 Å². The van der Waals surface area contributed by atoms with E-state index in [1.807, 2.05) is 24.3 Å². The fraction of sp³-hybridized carbons (Fsp3) is 0.682. The molecule has 1 aromatic rings. The van der Waals surface area contributed by atoms with Crippen LogP contribution in [0, 0.1) is 11.8 Å². The molecule has 0 heterocycles. The number of unbranched alkanes of at least 4 members (excludes halogenated alkanes) is 2. The lowest BCUT2D eigenvalue weighted by atomic mass is 9.77. The maximum absolute atomic E-state index is 12.5. The fourth-order valence-electron chi connectivity index (χ4n) is 3.92. The summed E-state index contributed by atoms with van der Waals surface area (Å²) >= 11 is 0. The van der Waals surface area contributed by atoms with Gasteiger partial charge in [0.2, 0.25) is 0 Å². The van der Waals surface area contributed by atoms with E-state index in [1.165, 1.54) is 51.4 Å². The number of halogens is 1. The van der Waals surface area contributed by atoms with E-state index in [9.17, 15) is 9.18 Å². The molecule has 0 aromatic heterocycles. The molecule has 24 heavy (non-hydrogen) atoms. The van der Waals surface area contributed by atoms with E-state index < -0.39 is 0 Å². The quantitative estimate of drug-likeness (QED) is 0.351. The first kappa shape index (κ1) is 19.1. The van der Waals surface area contributed by atoms with Crippen LogP contribution in [0.5, 0.6) is 0 Å². The first-order valence-electron chi connectivity index (χ1n) is 9.91. The number of ketones is 1. The zero-order valence-electron chi connectivity index (χ0n) is 15.2. The third-order valence-electron chi connectivity index (χ3n) is 5.53. The average Bonchev–Trinajstić information content (AvgIpc) is 2.62. The van der Waals surface area contributed by atoms with Crippen LogP contribution in [0.25, 0.3) is 0 Å². The topological polar surface area (TPSA) is 17.1 Å².